The SMILES string of the molecule is O=c1cc[nH]cc1S(=O)(=O)Nc1cccc(Cl)c1Br. The molecule has 2 rings (SSSR count). The maximum absolute atomic E-state index is 12.1. The molecule has 1 aromatic heterocycles. The van der Waals surface area contributed by atoms with E-state index in [9.17, 15) is 13.2 Å². The van der Waals surface area contributed by atoms with Crippen LogP contribution in [-0.4, -0.2) is 13.4 Å². The molecule has 100 valence electrons. The van der Waals surface area contributed by atoms with E-state index in [1.165, 1.54) is 12.3 Å². The predicted molar refractivity (Wildman–Crippen MR) is 77.0 cm³/mol. The third kappa shape index (κ3) is 2.99. The number of hydrogen-bond donors (Lipinski definition) is 2. The maximum Gasteiger partial charge on any atom is 0.267 e. The minimum absolute atomic E-state index is 0.260. The standard InChI is InChI=1S/C11H8BrClN2O3S/c12-11-7(13)2-1-3-8(11)15-19(17,18)10-6-14-5-4-9(10)16/h1-6,15H,(H,14,16). The van der Waals surface area contributed by atoms with Crippen LogP contribution in [0.3, 0.4) is 0 Å². The molecule has 0 aliphatic rings. The number of aromatic amines is 1. The van der Waals surface area contributed by atoms with E-state index in [1.807, 2.05) is 0 Å². The zero-order valence-electron chi connectivity index (χ0n) is 9.35. The Hall–Kier alpha value is -1.31. The summed E-state index contributed by atoms with van der Waals surface area (Å²) in [6.07, 6.45) is 2.49. The molecule has 2 N–H and O–H groups in total. The van der Waals surface area contributed by atoms with E-state index in [0.29, 0.717) is 9.50 Å². The summed E-state index contributed by atoms with van der Waals surface area (Å²) in [6.45, 7) is 0. The number of benzene rings is 1. The Labute approximate surface area is 122 Å². The second-order valence-corrected chi connectivity index (χ2v) is 6.43. The first-order valence-electron chi connectivity index (χ1n) is 5.06. The summed E-state index contributed by atoms with van der Waals surface area (Å²) in [6, 6.07) is 5.88. The summed E-state index contributed by atoms with van der Waals surface area (Å²) in [5, 5.41) is 0.363. The molecule has 2 aromatic rings. The highest BCUT2D eigenvalue weighted by atomic mass is 79.9. The minimum atomic E-state index is -3.97. The van der Waals surface area contributed by atoms with Gasteiger partial charge in [0.15, 0.2) is 4.90 Å². The van der Waals surface area contributed by atoms with E-state index in [0.717, 1.165) is 12.3 Å². The van der Waals surface area contributed by atoms with Crippen LogP contribution in [0.25, 0.3) is 0 Å². The number of pyridine rings is 1. The van der Waals surface area contributed by atoms with Gasteiger partial charge in [0.25, 0.3) is 10.0 Å². The Balaban J connectivity index is 2.46. The lowest BCUT2D eigenvalue weighted by Gasteiger charge is -2.09. The van der Waals surface area contributed by atoms with Gasteiger partial charge in [0.2, 0.25) is 5.43 Å². The second-order valence-electron chi connectivity index (χ2n) is 3.58. The number of rotatable bonds is 3. The van der Waals surface area contributed by atoms with Crippen LogP contribution in [0.15, 0.2) is 50.8 Å². The molecule has 0 aliphatic carbocycles. The van der Waals surface area contributed by atoms with Crippen LogP contribution < -0.4 is 10.2 Å². The molecule has 1 aromatic carbocycles. The quantitative estimate of drug-likeness (QED) is 0.880. The van der Waals surface area contributed by atoms with Crippen LogP contribution in [0.5, 0.6) is 0 Å². The lowest BCUT2D eigenvalue weighted by atomic mass is 10.3. The van der Waals surface area contributed by atoms with Gasteiger partial charge in [-0.1, -0.05) is 17.7 Å². The lowest BCUT2D eigenvalue weighted by molar-refractivity contribution is 0.600. The molecule has 0 spiro atoms. The minimum Gasteiger partial charge on any atom is -0.366 e. The van der Waals surface area contributed by atoms with Gasteiger partial charge < -0.3 is 4.98 Å². The summed E-state index contributed by atoms with van der Waals surface area (Å²) >= 11 is 9.05. The van der Waals surface area contributed by atoms with Crippen LogP contribution in [0.1, 0.15) is 0 Å². The van der Waals surface area contributed by atoms with Gasteiger partial charge in [-0.2, -0.15) is 0 Å². The highest BCUT2D eigenvalue weighted by molar-refractivity contribution is 9.10. The normalized spacial score (nSPS) is 11.3. The topological polar surface area (TPSA) is 79.0 Å². The fourth-order valence-corrected chi connectivity index (χ4v) is 3.19. The zero-order valence-corrected chi connectivity index (χ0v) is 12.5. The van der Waals surface area contributed by atoms with E-state index in [4.69, 9.17) is 11.6 Å². The van der Waals surface area contributed by atoms with Crippen molar-refractivity contribution < 1.29 is 8.42 Å². The molecule has 1 heterocycles. The first kappa shape index (κ1) is 14.1. The molecule has 8 heteroatoms. The zero-order chi connectivity index (χ0) is 14.0. The molecule has 0 radical (unpaired) electrons. The number of nitrogens with one attached hydrogen (secondary N) is 2. The van der Waals surface area contributed by atoms with E-state index in [2.05, 4.69) is 25.6 Å². The van der Waals surface area contributed by atoms with Crippen molar-refractivity contribution in [3.05, 3.63) is 56.4 Å². The van der Waals surface area contributed by atoms with Crippen LogP contribution in [0.4, 0.5) is 5.69 Å². The molecule has 0 amide bonds. The van der Waals surface area contributed by atoms with Crippen molar-refractivity contribution >= 4 is 43.2 Å². The summed E-state index contributed by atoms with van der Waals surface area (Å²) in [5.41, 5.74) is -0.333. The van der Waals surface area contributed by atoms with Crippen molar-refractivity contribution in [2.75, 3.05) is 4.72 Å². The number of halogens is 2. The molecule has 0 unspecified atom stereocenters. The van der Waals surface area contributed by atoms with Crippen LogP contribution in [-0.2, 0) is 10.0 Å². The van der Waals surface area contributed by atoms with E-state index >= 15 is 0 Å². The van der Waals surface area contributed by atoms with Gasteiger partial charge in [-0.15, -0.1) is 0 Å². The Morgan fingerprint density at radius 1 is 1.26 bits per heavy atom. The van der Waals surface area contributed by atoms with Gasteiger partial charge >= 0.3 is 0 Å². The Morgan fingerprint density at radius 2 is 2.00 bits per heavy atom. The van der Waals surface area contributed by atoms with Crippen molar-refractivity contribution in [2.24, 2.45) is 0 Å². The number of hydrogen-bond acceptors (Lipinski definition) is 3. The van der Waals surface area contributed by atoms with Gasteiger partial charge in [-0.25, -0.2) is 8.42 Å². The second kappa shape index (κ2) is 5.36. The Morgan fingerprint density at radius 3 is 2.68 bits per heavy atom. The average molecular weight is 364 g/mol. The largest absolute Gasteiger partial charge is 0.366 e. The number of H-pyrrole nitrogens is 1. The molecular weight excluding hydrogens is 356 g/mol. The summed E-state index contributed by atoms with van der Waals surface area (Å²) in [7, 11) is -3.97. The average Bonchev–Trinajstić information content (AvgIpc) is 2.35. The van der Waals surface area contributed by atoms with E-state index in [-0.39, 0.29) is 10.6 Å². The van der Waals surface area contributed by atoms with Crippen molar-refractivity contribution in [2.45, 2.75) is 4.90 Å². The molecule has 0 saturated carbocycles. The summed E-state index contributed by atoms with van der Waals surface area (Å²) < 4.78 is 26.9. The van der Waals surface area contributed by atoms with Crippen LogP contribution in [0, 0.1) is 0 Å². The monoisotopic (exact) mass is 362 g/mol. The molecule has 0 atom stereocenters. The summed E-state index contributed by atoms with van der Waals surface area (Å²) in [5.74, 6) is 0. The molecule has 0 aliphatic heterocycles. The van der Waals surface area contributed by atoms with E-state index in [1.54, 1.807) is 12.1 Å². The number of anilines is 1. The van der Waals surface area contributed by atoms with Gasteiger partial charge in [0.1, 0.15) is 0 Å². The third-order valence-corrected chi connectivity index (χ3v) is 5.06. The highest BCUT2D eigenvalue weighted by Crippen LogP contribution is 2.31. The molecule has 0 fully saturated rings. The van der Waals surface area contributed by atoms with Crippen molar-refractivity contribution in [1.29, 1.82) is 0 Å². The lowest BCUT2D eigenvalue weighted by Crippen LogP contribution is -2.21. The predicted octanol–water partition coefficient (Wildman–Crippen LogP) is 2.59. The fraction of sp³-hybridized carbons (Fsp3) is 0. The highest BCUT2D eigenvalue weighted by Gasteiger charge is 2.19. The third-order valence-electron chi connectivity index (χ3n) is 2.27. The molecule has 5 nitrogen and oxygen atoms in total. The number of sulfonamides is 1. The van der Waals surface area contributed by atoms with Gasteiger partial charge in [-0.05, 0) is 28.1 Å². The van der Waals surface area contributed by atoms with Gasteiger partial charge in [-0.3, -0.25) is 9.52 Å². The van der Waals surface area contributed by atoms with Gasteiger partial charge in [0.05, 0.1) is 15.2 Å². The molecule has 0 saturated heterocycles. The maximum atomic E-state index is 12.1. The van der Waals surface area contributed by atoms with Gasteiger partial charge in [0, 0.05) is 18.5 Å². The first-order valence-corrected chi connectivity index (χ1v) is 7.71. The number of aromatic nitrogens is 1. The van der Waals surface area contributed by atoms with Crippen LogP contribution in [0.2, 0.25) is 5.02 Å². The fourth-order valence-electron chi connectivity index (χ4n) is 1.39. The van der Waals surface area contributed by atoms with E-state index < -0.39 is 15.5 Å². The molecular formula is C11H8BrClN2O3S. The van der Waals surface area contributed by atoms with Crippen molar-refractivity contribution in [3.63, 3.8) is 0 Å². The Kier molecular flexibility index (Phi) is 3.98. The molecule has 19 heavy (non-hydrogen) atoms. The smallest absolute Gasteiger partial charge is 0.267 e. The van der Waals surface area contributed by atoms with Crippen molar-refractivity contribution in [3.8, 4) is 0 Å². The summed E-state index contributed by atoms with van der Waals surface area (Å²) in [4.78, 5) is 13.7. The molecule has 0 bridgehead atoms. The first-order chi connectivity index (χ1) is 8.92. The van der Waals surface area contributed by atoms with Crippen molar-refractivity contribution in [1.82, 2.24) is 4.98 Å². The Bertz CT molecular complexity index is 774. The van der Waals surface area contributed by atoms with Crippen LogP contribution >= 0.6 is 27.5 Å².